The number of urea groups is 2. The lowest BCUT2D eigenvalue weighted by Crippen LogP contribution is -2.50. The minimum absolute atomic E-state index is 0.0318. The zero-order valence-corrected chi connectivity index (χ0v) is 13.2. The van der Waals surface area contributed by atoms with Gasteiger partial charge in [0.1, 0.15) is 6.04 Å². The van der Waals surface area contributed by atoms with Crippen LogP contribution in [0.1, 0.15) is 12.8 Å². The van der Waals surface area contributed by atoms with E-state index in [1.807, 2.05) is 0 Å². The smallest absolute Gasteiger partial charge is 0.352 e. The van der Waals surface area contributed by atoms with Crippen LogP contribution in [-0.4, -0.2) is 72.7 Å². The first kappa shape index (κ1) is 18.2. The van der Waals surface area contributed by atoms with E-state index in [1.165, 1.54) is 0 Å². The highest BCUT2D eigenvalue weighted by Gasteiger charge is 2.49. The van der Waals surface area contributed by atoms with Crippen molar-refractivity contribution >= 4 is 28.4 Å². The lowest BCUT2D eigenvalue weighted by molar-refractivity contribution is -0.138. The summed E-state index contributed by atoms with van der Waals surface area (Å²) in [5.74, 6) is -0.602. The van der Waals surface area contributed by atoms with Crippen molar-refractivity contribution in [2.24, 2.45) is 5.73 Å². The molecule has 2 aliphatic heterocycles. The summed E-state index contributed by atoms with van der Waals surface area (Å²) in [6.07, 6.45) is 0.565. The second-order valence-corrected chi connectivity index (χ2v) is 6.12. The molecule has 5 N–H and O–H groups in total. The molecule has 2 heterocycles. The van der Waals surface area contributed by atoms with Crippen molar-refractivity contribution in [2.75, 3.05) is 19.7 Å². The highest BCUT2D eigenvalue weighted by atomic mass is 32.3. The molecule has 1 unspecified atom stereocenters. The van der Waals surface area contributed by atoms with Gasteiger partial charge in [0.15, 0.2) is 0 Å². The van der Waals surface area contributed by atoms with E-state index in [0.29, 0.717) is 11.5 Å². The molecule has 2 saturated heterocycles. The van der Waals surface area contributed by atoms with Gasteiger partial charge in [-0.15, -0.1) is 4.28 Å². The Morgan fingerprint density at radius 1 is 1.38 bits per heavy atom. The van der Waals surface area contributed by atoms with Gasteiger partial charge in [-0.1, -0.05) is 0 Å². The number of hydrogen-bond donors (Lipinski definition) is 4. The van der Waals surface area contributed by atoms with E-state index < -0.39 is 40.5 Å². The number of fused-ring (bicyclic) bond motifs is 2. The average molecular weight is 367 g/mol. The van der Waals surface area contributed by atoms with Crippen LogP contribution in [0.15, 0.2) is 0 Å². The van der Waals surface area contributed by atoms with E-state index in [2.05, 4.69) is 15.1 Å². The van der Waals surface area contributed by atoms with Crippen LogP contribution < -0.4 is 16.5 Å². The van der Waals surface area contributed by atoms with Crippen molar-refractivity contribution in [2.45, 2.75) is 24.9 Å². The molecule has 0 aromatic carbocycles. The van der Waals surface area contributed by atoms with Crippen LogP contribution in [0.5, 0.6) is 0 Å². The van der Waals surface area contributed by atoms with E-state index in [0.717, 1.165) is 4.90 Å². The Morgan fingerprint density at radius 2 is 2.08 bits per heavy atom. The monoisotopic (exact) mass is 367 g/mol. The Kier molecular flexibility index (Phi) is 5.43. The minimum Gasteiger partial charge on any atom is -0.352 e. The molecule has 0 saturated carbocycles. The normalized spacial score (nSPS) is 23.3. The summed E-state index contributed by atoms with van der Waals surface area (Å²) in [7, 11) is -4.84. The van der Waals surface area contributed by atoms with Crippen LogP contribution in [0, 0.1) is 0 Å². The third-order valence-electron chi connectivity index (χ3n) is 3.48. The average Bonchev–Trinajstić information content (AvgIpc) is 2.70. The van der Waals surface area contributed by atoms with Gasteiger partial charge in [-0.2, -0.15) is 13.5 Å². The van der Waals surface area contributed by atoms with Gasteiger partial charge < -0.3 is 16.0 Å². The number of amides is 5. The maximum Gasteiger partial charge on any atom is 0.418 e. The molecule has 13 nitrogen and oxygen atoms in total. The maximum absolute atomic E-state index is 12.1. The second-order valence-electron chi connectivity index (χ2n) is 5.12. The third kappa shape index (κ3) is 4.44. The third-order valence-corrected chi connectivity index (χ3v) is 3.83. The van der Waals surface area contributed by atoms with E-state index >= 15 is 0 Å². The van der Waals surface area contributed by atoms with Crippen molar-refractivity contribution in [3.8, 4) is 0 Å². The minimum atomic E-state index is -4.84. The lowest BCUT2D eigenvalue weighted by Gasteiger charge is -2.28. The number of hydroxylamine groups is 3. The first-order valence-electron chi connectivity index (χ1n) is 6.91. The summed E-state index contributed by atoms with van der Waals surface area (Å²) >= 11 is 0. The van der Waals surface area contributed by atoms with Gasteiger partial charge in [0.2, 0.25) is 0 Å². The number of carbonyl (C=O) groups is 3. The SMILES string of the molecule is NC(=O)NCCONC(=O)[C@@H]1CCC2CN1C(=O)N2OS(=O)(=O)O. The topological polar surface area (TPSA) is 181 Å². The fourth-order valence-electron chi connectivity index (χ4n) is 2.52. The van der Waals surface area contributed by atoms with Gasteiger partial charge in [0.25, 0.3) is 5.91 Å². The largest absolute Gasteiger partial charge is 0.418 e. The van der Waals surface area contributed by atoms with Crippen LogP contribution in [0.4, 0.5) is 9.59 Å². The van der Waals surface area contributed by atoms with E-state index in [-0.39, 0.29) is 26.1 Å². The van der Waals surface area contributed by atoms with Gasteiger partial charge in [-0.25, -0.2) is 15.1 Å². The Morgan fingerprint density at radius 3 is 2.71 bits per heavy atom. The quantitative estimate of drug-likeness (QED) is 0.220. The zero-order chi connectivity index (χ0) is 17.9. The van der Waals surface area contributed by atoms with Crippen LogP contribution >= 0.6 is 0 Å². The number of nitrogens with one attached hydrogen (secondary N) is 2. The first-order valence-corrected chi connectivity index (χ1v) is 8.27. The number of carbonyl (C=O) groups excluding carboxylic acids is 3. The summed E-state index contributed by atoms with van der Waals surface area (Å²) < 4.78 is 34.5. The van der Waals surface area contributed by atoms with Crippen molar-refractivity contribution in [3.63, 3.8) is 0 Å². The Labute approximate surface area is 136 Å². The maximum atomic E-state index is 12.1. The number of nitrogens with two attached hydrogens (primary N) is 1. The fraction of sp³-hybridized carbons (Fsp3) is 0.700. The van der Waals surface area contributed by atoms with Gasteiger partial charge >= 0.3 is 22.5 Å². The summed E-state index contributed by atoms with van der Waals surface area (Å²) in [6, 6.07) is -3.02. The molecule has 2 bridgehead atoms. The second kappa shape index (κ2) is 7.16. The van der Waals surface area contributed by atoms with Crippen molar-refractivity contribution in [1.29, 1.82) is 0 Å². The number of primary amides is 1. The van der Waals surface area contributed by atoms with E-state index in [9.17, 15) is 22.8 Å². The first-order chi connectivity index (χ1) is 11.2. The Bertz CT molecular complexity index is 625. The molecule has 2 fully saturated rings. The lowest BCUT2D eigenvalue weighted by atomic mass is 10.0. The molecule has 0 aromatic heterocycles. The molecular weight excluding hydrogens is 350 g/mol. The van der Waals surface area contributed by atoms with Gasteiger partial charge in [0, 0.05) is 13.1 Å². The van der Waals surface area contributed by atoms with Gasteiger partial charge in [-0.05, 0) is 12.8 Å². The van der Waals surface area contributed by atoms with E-state index in [1.54, 1.807) is 0 Å². The zero-order valence-electron chi connectivity index (χ0n) is 12.4. The molecule has 0 aromatic rings. The predicted octanol–water partition coefficient (Wildman–Crippen LogP) is -2.29. The van der Waals surface area contributed by atoms with E-state index in [4.69, 9.17) is 15.1 Å². The molecule has 5 amide bonds. The fourth-order valence-corrected chi connectivity index (χ4v) is 2.91. The molecular formula is C10H17N5O8S. The Balaban J connectivity index is 1.86. The number of hydrogen-bond acceptors (Lipinski definition) is 7. The molecule has 2 rings (SSSR count). The van der Waals surface area contributed by atoms with Crippen molar-refractivity contribution in [1.82, 2.24) is 20.8 Å². The summed E-state index contributed by atoms with van der Waals surface area (Å²) in [5, 5.41) is 2.80. The number of rotatable bonds is 7. The summed E-state index contributed by atoms with van der Waals surface area (Å²) in [5.41, 5.74) is 6.99. The van der Waals surface area contributed by atoms with Crippen LogP contribution in [-0.2, 0) is 24.3 Å². The van der Waals surface area contributed by atoms with Crippen molar-refractivity contribution in [3.05, 3.63) is 0 Å². The Hall–Kier alpha value is -2.16. The van der Waals surface area contributed by atoms with Crippen molar-refractivity contribution < 1.29 is 36.5 Å². The molecule has 2 aliphatic rings. The number of piperidine rings is 1. The molecule has 0 spiro atoms. The van der Waals surface area contributed by atoms with Gasteiger partial charge in [-0.3, -0.25) is 14.2 Å². The molecule has 0 aliphatic carbocycles. The highest BCUT2D eigenvalue weighted by molar-refractivity contribution is 7.80. The molecule has 24 heavy (non-hydrogen) atoms. The summed E-state index contributed by atoms with van der Waals surface area (Å²) in [4.78, 5) is 40.6. The predicted molar refractivity (Wildman–Crippen MR) is 75.1 cm³/mol. The van der Waals surface area contributed by atoms with Crippen LogP contribution in [0.2, 0.25) is 0 Å². The van der Waals surface area contributed by atoms with Crippen LogP contribution in [0.25, 0.3) is 0 Å². The molecule has 2 atom stereocenters. The standard InChI is InChI=1S/C10H17N5O8S/c11-9(17)12-3-4-22-13-8(16)7-2-1-6-5-14(7)10(18)15(6)23-24(19,20)21/h6-7H,1-5H2,(H,13,16)(H3,11,12,17)(H,19,20,21)/t6?,7-/m0/s1. The van der Waals surface area contributed by atoms with Crippen LogP contribution in [0.3, 0.4) is 0 Å². The molecule has 0 radical (unpaired) electrons. The number of nitrogens with zero attached hydrogens (tertiary/aromatic N) is 2. The molecule has 14 heteroatoms. The molecule has 136 valence electrons. The highest BCUT2D eigenvalue weighted by Crippen LogP contribution is 2.30. The van der Waals surface area contributed by atoms with Gasteiger partial charge in [0.05, 0.1) is 12.6 Å². The summed E-state index contributed by atoms with van der Waals surface area (Å²) in [6.45, 7) is 0.132.